The number of aromatic nitrogens is 2. The van der Waals surface area contributed by atoms with Gasteiger partial charge in [-0.1, -0.05) is 89.1 Å². The molecule has 0 radical (unpaired) electrons. The molecule has 7 heteroatoms. The van der Waals surface area contributed by atoms with Crippen molar-refractivity contribution in [2.75, 3.05) is 13.1 Å². The molecule has 1 aliphatic rings. The third kappa shape index (κ3) is 5.66. The third-order valence-electron chi connectivity index (χ3n) is 6.65. The molecule has 6 nitrogen and oxygen atoms in total. The van der Waals surface area contributed by atoms with Crippen LogP contribution in [-0.4, -0.2) is 34.0 Å². The van der Waals surface area contributed by atoms with Crippen molar-refractivity contribution in [3.8, 4) is 11.4 Å². The number of halogens is 1. The molecular weight excluding hydrogens is 472 g/mol. The summed E-state index contributed by atoms with van der Waals surface area (Å²) in [5.41, 5.74) is 4.08. The van der Waals surface area contributed by atoms with Crippen molar-refractivity contribution in [2.24, 2.45) is 5.92 Å². The molecule has 5 rings (SSSR count). The van der Waals surface area contributed by atoms with Crippen LogP contribution in [0, 0.1) is 12.8 Å². The van der Waals surface area contributed by atoms with Gasteiger partial charge in [0.15, 0.2) is 0 Å². The molecule has 1 aromatic heterocycles. The lowest BCUT2D eigenvalue weighted by molar-refractivity contribution is -0.127. The van der Waals surface area contributed by atoms with Gasteiger partial charge >= 0.3 is 0 Å². The highest BCUT2D eigenvalue weighted by Gasteiger charge is 2.29. The largest absolute Gasteiger partial charge is 0.345 e. The van der Waals surface area contributed by atoms with Crippen LogP contribution in [0.3, 0.4) is 0 Å². The molecule has 0 aliphatic carbocycles. The van der Waals surface area contributed by atoms with Crippen molar-refractivity contribution >= 4 is 17.5 Å². The Balaban J connectivity index is 1.26. The van der Waals surface area contributed by atoms with Gasteiger partial charge in [0, 0.05) is 12.1 Å². The normalized spacial score (nSPS) is 17.0. The second-order valence-corrected chi connectivity index (χ2v) is 9.74. The number of amides is 1. The fraction of sp³-hybridized carbons (Fsp3) is 0.276. The minimum absolute atomic E-state index is 0.0661. The Kier molecular flexibility index (Phi) is 7.44. The van der Waals surface area contributed by atoms with E-state index in [9.17, 15) is 4.79 Å². The molecule has 2 heterocycles. The lowest BCUT2D eigenvalue weighted by Gasteiger charge is -2.32. The standard InChI is InChI=1S/C29H29ClN4O2/c1-20-13-15-22(16-14-20)27(21-8-3-2-4-9-21)32-29(35)23-10-7-17-34(18-23)19-26-31-28(33-36-26)24-11-5-6-12-25(24)30/h2-6,8-9,11-16,23,27H,7,10,17-19H2,1H3,(H,32,35). The van der Waals surface area contributed by atoms with E-state index < -0.39 is 0 Å². The summed E-state index contributed by atoms with van der Waals surface area (Å²) >= 11 is 6.27. The first-order valence-electron chi connectivity index (χ1n) is 12.3. The molecule has 3 aromatic carbocycles. The van der Waals surface area contributed by atoms with Gasteiger partial charge in [-0.2, -0.15) is 4.98 Å². The zero-order valence-corrected chi connectivity index (χ0v) is 21.0. The summed E-state index contributed by atoms with van der Waals surface area (Å²) in [7, 11) is 0. The first-order chi connectivity index (χ1) is 17.6. The van der Waals surface area contributed by atoms with Crippen molar-refractivity contribution in [1.82, 2.24) is 20.4 Å². The van der Waals surface area contributed by atoms with E-state index in [4.69, 9.17) is 16.1 Å². The Bertz CT molecular complexity index is 1310. The zero-order valence-electron chi connectivity index (χ0n) is 20.2. The van der Waals surface area contributed by atoms with Crippen LogP contribution in [-0.2, 0) is 11.3 Å². The molecular formula is C29H29ClN4O2. The van der Waals surface area contributed by atoms with Gasteiger partial charge in [-0.25, -0.2) is 0 Å². The van der Waals surface area contributed by atoms with E-state index in [2.05, 4.69) is 63.7 Å². The van der Waals surface area contributed by atoms with Crippen molar-refractivity contribution in [2.45, 2.75) is 32.4 Å². The van der Waals surface area contributed by atoms with Gasteiger partial charge in [0.05, 0.1) is 23.5 Å². The molecule has 4 aromatic rings. The van der Waals surface area contributed by atoms with Crippen LogP contribution in [0.5, 0.6) is 0 Å². The quantitative estimate of drug-likeness (QED) is 0.346. The minimum atomic E-state index is -0.191. The predicted molar refractivity (Wildman–Crippen MR) is 140 cm³/mol. The number of nitrogens with zero attached hydrogens (tertiary/aromatic N) is 3. The van der Waals surface area contributed by atoms with Crippen molar-refractivity contribution in [3.63, 3.8) is 0 Å². The number of nitrogens with one attached hydrogen (secondary N) is 1. The van der Waals surface area contributed by atoms with Crippen LogP contribution in [0.25, 0.3) is 11.4 Å². The summed E-state index contributed by atoms with van der Waals surface area (Å²) in [6.45, 7) is 4.09. The molecule has 2 atom stereocenters. The Morgan fingerprint density at radius 3 is 2.56 bits per heavy atom. The van der Waals surface area contributed by atoms with Gasteiger partial charge in [0.1, 0.15) is 0 Å². The third-order valence-corrected chi connectivity index (χ3v) is 6.98. The number of rotatable bonds is 7. The number of piperidine rings is 1. The molecule has 1 saturated heterocycles. The number of carbonyl (C=O) groups excluding carboxylic acids is 1. The maximum absolute atomic E-state index is 13.4. The fourth-order valence-corrected chi connectivity index (χ4v) is 4.92. The van der Waals surface area contributed by atoms with E-state index in [1.165, 1.54) is 5.56 Å². The van der Waals surface area contributed by atoms with Crippen LogP contribution < -0.4 is 5.32 Å². The molecule has 0 bridgehead atoms. The summed E-state index contributed by atoms with van der Waals surface area (Å²) in [6.07, 6.45) is 1.79. The first kappa shape index (κ1) is 24.2. The van der Waals surface area contributed by atoms with Crippen LogP contribution >= 0.6 is 11.6 Å². The highest BCUT2D eigenvalue weighted by molar-refractivity contribution is 6.33. The van der Waals surface area contributed by atoms with Gasteiger partial charge in [-0.3, -0.25) is 9.69 Å². The van der Waals surface area contributed by atoms with Crippen LogP contribution in [0.4, 0.5) is 0 Å². The highest BCUT2D eigenvalue weighted by atomic mass is 35.5. The smallest absolute Gasteiger partial charge is 0.241 e. The highest BCUT2D eigenvalue weighted by Crippen LogP contribution is 2.27. The molecule has 0 saturated carbocycles. The molecule has 36 heavy (non-hydrogen) atoms. The van der Waals surface area contributed by atoms with Gasteiger partial charge < -0.3 is 9.84 Å². The maximum atomic E-state index is 13.4. The first-order valence-corrected chi connectivity index (χ1v) is 12.7. The Morgan fingerprint density at radius 2 is 1.78 bits per heavy atom. The van der Waals surface area contributed by atoms with E-state index in [0.717, 1.165) is 36.1 Å². The van der Waals surface area contributed by atoms with E-state index in [-0.39, 0.29) is 17.9 Å². The van der Waals surface area contributed by atoms with Gasteiger partial charge in [0.25, 0.3) is 0 Å². The molecule has 0 spiro atoms. The van der Waals surface area contributed by atoms with Crippen LogP contribution in [0.1, 0.15) is 41.5 Å². The van der Waals surface area contributed by atoms with Crippen molar-refractivity contribution in [3.05, 3.63) is 106 Å². The lowest BCUT2D eigenvalue weighted by Crippen LogP contribution is -2.43. The molecule has 2 unspecified atom stereocenters. The van der Waals surface area contributed by atoms with Crippen molar-refractivity contribution in [1.29, 1.82) is 0 Å². The van der Waals surface area contributed by atoms with E-state index in [1.54, 1.807) is 6.07 Å². The summed E-state index contributed by atoms with van der Waals surface area (Å²) in [4.78, 5) is 20.2. The van der Waals surface area contributed by atoms with Crippen LogP contribution in [0.2, 0.25) is 5.02 Å². The Hall–Kier alpha value is -3.48. The maximum Gasteiger partial charge on any atom is 0.241 e. The minimum Gasteiger partial charge on any atom is -0.345 e. The topological polar surface area (TPSA) is 71.3 Å². The monoisotopic (exact) mass is 500 g/mol. The van der Waals surface area contributed by atoms with Gasteiger partial charge in [0.2, 0.25) is 17.6 Å². The van der Waals surface area contributed by atoms with E-state index in [1.807, 2.05) is 36.4 Å². The molecule has 184 valence electrons. The number of likely N-dealkylation sites (tertiary alicyclic amines) is 1. The predicted octanol–water partition coefficient (Wildman–Crippen LogP) is 5.82. The average molecular weight is 501 g/mol. The second-order valence-electron chi connectivity index (χ2n) is 9.33. The second kappa shape index (κ2) is 11.1. The SMILES string of the molecule is Cc1ccc(C(NC(=O)C2CCCN(Cc3nc(-c4ccccc4Cl)no3)C2)c2ccccc2)cc1. The molecule has 1 amide bonds. The lowest BCUT2D eigenvalue weighted by atomic mass is 9.94. The molecule has 1 N–H and O–H groups in total. The summed E-state index contributed by atoms with van der Waals surface area (Å²) in [6, 6.07) is 25.7. The fourth-order valence-electron chi connectivity index (χ4n) is 4.70. The van der Waals surface area contributed by atoms with E-state index in [0.29, 0.717) is 29.8 Å². The molecule has 1 fully saturated rings. The average Bonchev–Trinajstić information content (AvgIpc) is 3.37. The summed E-state index contributed by atoms with van der Waals surface area (Å²) in [5.74, 6) is 0.955. The summed E-state index contributed by atoms with van der Waals surface area (Å²) < 4.78 is 5.50. The Morgan fingerprint density at radius 1 is 1.06 bits per heavy atom. The zero-order chi connectivity index (χ0) is 24.9. The van der Waals surface area contributed by atoms with Gasteiger partial charge in [-0.15, -0.1) is 0 Å². The Labute approximate surface area is 216 Å². The summed E-state index contributed by atoms with van der Waals surface area (Å²) in [5, 5.41) is 8.01. The number of hydrogen-bond donors (Lipinski definition) is 1. The number of aryl methyl sites for hydroxylation is 1. The number of hydrogen-bond acceptors (Lipinski definition) is 5. The van der Waals surface area contributed by atoms with E-state index >= 15 is 0 Å². The molecule has 1 aliphatic heterocycles. The number of carbonyl (C=O) groups is 1. The van der Waals surface area contributed by atoms with Gasteiger partial charge in [-0.05, 0) is 49.6 Å². The number of benzene rings is 3. The van der Waals surface area contributed by atoms with Crippen LogP contribution in [0.15, 0.2) is 83.4 Å². The van der Waals surface area contributed by atoms with Crippen molar-refractivity contribution < 1.29 is 9.32 Å².